The molecule has 0 bridgehead atoms. The van der Waals surface area contributed by atoms with Crippen LogP contribution in [0, 0.1) is 0 Å². The SMILES string of the molecule is CCOc1cc(C(=O)OCCNCCCl)cc(OCC)c1OCC.Cl. The summed E-state index contributed by atoms with van der Waals surface area (Å²) in [5.41, 5.74) is 0.364. The number of rotatable bonds is 12. The Kier molecular flexibility index (Phi) is 13.1. The van der Waals surface area contributed by atoms with Crippen molar-refractivity contribution >= 4 is 30.0 Å². The van der Waals surface area contributed by atoms with E-state index in [2.05, 4.69) is 5.32 Å². The number of halogens is 2. The monoisotopic (exact) mass is 395 g/mol. The van der Waals surface area contributed by atoms with Gasteiger partial charge in [-0.15, -0.1) is 24.0 Å². The maximum atomic E-state index is 12.2. The van der Waals surface area contributed by atoms with Crippen LogP contribution >= 0.6 is 24.0 Å². The van der Waals surface area contributed by atoms with Gasteiger partial charge in [-0.3, -0.25) is 0 Å². The van der Waals surface area contributed by atoms with Crippen molar-refractivity contribution in [3.05, 3.63) is 17.7 Å². The van der Waals surface area contributed by atoms with Gasteiger partial charge in [-0.2, -0.15) is 0 Å². The lowest BCUT2D eigenvalue weighted by Crippen LogP contribution is -2.23. The number of hydrogen-bond acceptors (Lipinski definition) is 6. The Morgan fingerprint density at radius 1 is 1.00 bits per heavy atom. The van der Waals surface area contributed by atoms with E-state index in [0.717, 1.165) is 0 Å². The fourth-order valence-corrected chi connectivity index (χ4v) is 2.13. The second-order valence-electron chi connectivity index (χ2n) is 4.68. The van der Waals surface area contributed by atoms with Gasteiger partial charge in [0.25, 0.3) is 0 Å². The van der Waals surface area contributed by atoms with Crippen LogP contribution in [0.3, 0.4) is 0 Å². The van der Waals surface area contributed by atoms with Crippen LogP contribution < -0.4 is 19.5 Å². The van der Waals surface area contributed by atoms with Gasteiger partial charge in [0.15, 0.2) is 11.5 Å². The second kappa shape index (κ2) is 13.9. The van der Waals surface area contributed by atoms with Crippen LogP contribution in [0.15, 0.2) is 12.1 Å². The van der Waals surface area contributed by atoms with Crippen LogP contribution in [-0.4, -0.2) is 51.4 Å². The zero-order valence-electron chi connectivity index (χ0n) is 14.9. The molecule has 144 valence electrons. The first-order valence-corrected chi connectivity index (χ1v) is 8.71. The van der Waals surface area contributed by atoms with E-state index in [4.69, 9.17) is 30.5 Å². The zero-order valence-corrected chi connectivity index (χ0v) is 16.5. The fraction of sp³-hybridized carbons (Fsp3) is 0.588. The number of esters is 1. The molecule has 25 heavy (non-hydrogen) atoms. The van der Waals surface area contributed by atoms with E-state index in [9.17, 15) is 4.79 Å². The number of hydrogen-bond donors (Lipinski definition) is 1. The van der Waals surface area contributed by atoms with Gasteiger partial charge in [0.1, 0.15) is 6.61 Å². The molecule has 0 aliphatic carbocycles. The molecule has 0 saturated carbocycles. The van der Waals surface area contributed by atoms with E-state index in [-0.39, 0.29) is 19.0 Å². The van der Waals surface area contributed by atoms with Crippen molar-refractivity contribution in [3.8, 4) is 17.2 Å². The highest BCUT2D eigenvalue weighted by atomic mass is 35.5. The van der Waals surface area contributed by atoms with Crippen molar-refractivity contribution in [1.82, 2.24) is 5.32 Å². The van der Waals surface area contributed by atoms with Gasteiger partial charge in [-0.25, -0.2) is 4.79 Å². The predicted octanol–water partition coefficient (Wildman–Crippen LogP) is 3.29. The van der Waals surface area contributed by atoms with Gasteiger partial charge in [-0.05, 0) is 32.9 Å². The highest BCUT2D eigenvalue weighted by molar-refractivity contribution is 6.18. The van der Waals surface area contributed by atoms with Gasteiger partial charge >= 0.3 is 5.97 Å². The summed E-state index contributed by atoms with van der Waals surface area (Å²) in [5.74, 6) is 1.52. The lowest BCUT2D eigenvalue weighted by molar-refractivity contribution is 0.0508. The number of ether oxygens (including phenoxy) is 4. The number of alkyl halides is 1. The van der Waals surface area contributed by atoms with E-state index in [0.29, 0.717) is 61.6 Å². The summed E-state index contributed by atoms with van der Waals surface area (Å²) in [5, 5.41) is 3.05. The molecule has 8 heteroatoms. The molecule has 0 spiro atoms. The molecule has 0 aliphatic rings. The number of nitrogens with one attached hydrogen (secondary N) is 1. The molecule has 0 heterocycles. The molecule has 0 radical (unpaired) electrons. The standard InChI is InChI=1S/C17H26ClNO5.ClH/c1-4-21-14-11-13(17(20)24-10-9-19-8-7-18)12-15(22-5-2)16(14)23-6-3;/h11-12,19H,4-10H2,1-3H3;1H. The van der Waals surface area contributed by atoms with Gasteiger partial charge < -0.3 is 24.3 Å². The average Bonchev–Trinajstić information content (AvgIpc) is 2.57. The minimum Gasteiger partial charge on any atom is -0.490 e. The van der Waals surface area contributed by atoms with Crippen LogP contribution in [-0.2, 0) is 4.74 Å². The van der Waals surface area contributed by atoms with E-state index in [1.165, 1.54) is 0 Å². The Hall–Kier alpha value is -1.37. The normalized spacial score (nSPS) is 9.92. The number of benzene rings is 1. The molecule has 0 unspecified atom stereocenters. The summed E-state index contributed by atoms with van der Waals surface area (Å²) >= 11 is 5.56. The maximum Gasteiger partial charge on any atom is 0.338 e. The third-order valence-corrected chi connectivity index (χ3v) is 3.12. The zero-order chi connectivity index (χ0) is 17.8. The third-order valence-electron chi connectivity index (χ3n) is 2.93. The first-order chi connectivity index (χ1) is 11.7. The fourth-order valence-electron chi connectivity index (χ4n) is 2.00. The molecule has 1 rings (SSSR count). The van der Waals surface area contributed by atoms with E-state index in [1.807, 2.05) is 20.8 Å². The second-order valence-corrected chi connectivity index (χ2v) is 5.05. The molecular weight excluding hydrogens is 369 g/mol. The van der Waals surface area contributed by atoms with Gasteiger partial charge in [0, 0.05) is 19.0 Å². The van der Waals surface area contributed by atoms with E-state index in [1.54, 1.807) is 12.1 Å². The minimum absolute atomic E-state index is 0. The molecule has 0 aliphatic heterocycles. The topological polar surface area (TPSA) is 66.0 Å². The minimum atomic E-state index is -0.437. The van der Waals surface area contributed by atoms with Crippen molar-refractivity contribution in [2.75, 3.05) is 45.4 Å². The summed E-state index contributed by atoms with van der Waals surface area (Å²) in [4.78, 5) is 12.2. The van der Waals surface area contributed by atoms with Crippen molar-refractivity contribution in [1.29, 1.82) is 0 Å². The number of carbonyl (C=O) groups excluding carboxylic acids is 1. The van der Waals surface area contributed by atoms with Crippen LogP contribution in [0.2, 0.25) is 0 Å². The maximum absolute atomic E-state index is 12.2. The lowest BCUT2D eigenvalue weighted by Gasteiger charge is -2.16. The van der Waals surface area contributed by atoms with Crippen molar-refractivity contribution in [2.45, 2.75) is 20.8 Å². The van der Waals surface area contributed by atoms with Gasteiger partial charge in [0.2, 0.25) is 5.75 Å². The highest BCUT2D eigenvalue weighted by Crippen LogP contribution is 2.39. The van der Waals surface area contributed by atoms with Crippen LogP contribution in [0.1, 0.15) is 31.1 Å². The van der Waals surface area contributed by atoms with Gasteiger partial charge in [0.05, 0.1) is 25.4 Å². The smallest absolute Gasteiger partial charge is 0.338 e. The first-order valence-electron chi connectivity index (χ1n) is 8.18. The summed E-state index contributed by atoms with van der Waals surface area (Å²) < 4.78 is 22.0. The molecule has 0 fully saturated rings. The van der Waals surface area contributed by atoms with E-state index >= 15 is 0 Å². The van der Waals surface area contributed by atoms with Crippen LogP contribution in [0.5, 0.6) is 17.2 Å². The molecule has 0 atom stereocenters. The molecule has 1 aromatic carbocycles. The number of carbonyl (C=O) groups is 1. The molecular formula is C17H27Cl2NO5. The van der Waals surface area contributed by atoms with E-state index < -0.39 is 5.97 Å². The van der Waals surface area contributed by atoms with Crippen molar-refractivity contribution in [2.24, 2.45) is 0 Å². The molecule has 0 amide bonds. The van der Waals surface area contributed by atoms with Crippen molar-refractivity contribution in [3.63, 3.8) is 0 Å². The van der Waals surface area contributed by atoms with Gasteiger partial charge in [-0.1, -0.05) is 0 Å². The van der Waals surface area contributed by atoms with Crippen LogP contribution in [0.4, 0.5) is 0 Å². The highest BCUT2D eigenvalue weighted by Gasteiger charge is 2.19. The average molecular weight is 396 g/mol. The van der Waals surface area contributed by atoms with Crippen LogP contribution in [0.25, 0.3) is 0 Å². The molecule has 0 aromatic heterocycles. The Labute approximate surface area is 160 Å². The molecule has 0 saturated heterocycles. The largest absolute Gasteiger partial charge is 0.490 e. The summed E-state index contributed by atoms with van der Waals surface area (Å²) in [6.07, 6.45) is 0. The summed E-state index contributed by atoms with van der Waals surface area (Å²) in [7, 11) is 0. The Bertz CT molecular complexity index is 487. The Balaban J connectivity index is 0.00000576. The first kappa shape index (κ1) is 23.6. The molecule has 1 aromatic rings. The predicted molar refractivity (Wildman–Crippen MR) is 101 cm³/mol. The third kappa shape index (κ3) is 8.03. The quantitative estimate of drug-likeness (QED) is 0.332. The summed E-state index contributed by atoms with van der Waals surface area (Å²) in [6.45, 7) is 8.46. The summed E-state index contributed by atoms with van der Waals surface area (Å²) in [6, 6.07) is 3.23. The Morgan fingerprint density at radius 3 is 2.04 bits per heavy atom. The lowest BCUT2D eigenvalue weighted by atomic mass is 10.2. The molecule has 6 nitrogen and oxygen atoms in total. The molecule has 1 N–H and O–H groups in total. The Morgan fingerprint density at radius 2 is 1.56 bits per heavy atom. The van der Waals surface area contributed by atoms with Crippen molar-refractivity contribution < 1.29 is 23.7 Å².